The molecule has 24 heteroatoms. The lowest BCUT2D eigenvalue weighted by Crippen LogP contribution is -2.49. The van der Waals surface area contributed by atoms with Crippen LogP contribution in [0.1, 0.15) is 159 Å². The van der Waals surface area contributed by atoms with Gasteiger partial charge in [0.25, 0.3) is 23.6 Å². The number of piperidine rings is 4. The van der Waals surface area contributed by atoms with Gasteiger partial charge in [-0.25, -0.2) is 0 Å². The van der Waals surface area contributed by atoms with Crippen LogP contribution < -0.4 is 45.9 Å². The molecule has 16 rings (SSSR count). The third-order valence-electron chi connectivity index (χ3n) is 20.7. The fourth-order valence-electron chi connectivity index (χ4n) is 14.6. The van der Waals surface area contributed by atoms with Gasteiger partial charge < -0.3 is 65.5 Å². The van der Waals surface area contributed by atoms with Crippen LogP contribution in [0.25, 0.3) is 0 Å². The third kappa shape index (κ3) is 17.5. The van der Waals surface area contributed by atoms with Crippen LogP contribution in [0, 0.1) is 13.8 Å². The molecular weight excluding hydrogens is 1490 g/mol. The van der Waals surface area contributed by atoms with Crippen molar-refractivity contribution in [1.29, 1.82) is 0 Å². The molecule has 6 N–H and O–H groups in total. The molecule has 0 aliphatic carbocycles. The zero-order valence-corrected chi connectivity index (χ0v) is 63.8. The number of hydrogen-bond acceptors (Lipinski definition) is 13. The number of halogens is 2. The van der Waals surface area contributed by atoms with Crippen LogP contribution >= 0.6 is 27.5 Å². The van der Waals surface area contributed by atoms with E-state index in [0.29, 0.717) is 171 Å². The molecule has 8 heterocycles. The number of primary amides is 1. The van der Waals surface area contributed by atoms with Crippen LogP contribution in [0.3, 0.4) is 0 Å². The van der Waals surface area contributed by atoms with Crippen LogP contribution in [-0.2, 0) is 71.8 Å². The van der Waals surface area contributed by atoms with E-state index in [1.165, 1.54) is 5.56 Å². The third-order valence-corrected chi connectivity index (χ3v) is 21.6. The van der Waals surface area contributed by atoms with Crippen molar-refractivity contribution in [2.45, 2.75) is 142 Å². The number of benzene rings is 8. The molecule has 0 spiro atoms. The standard InChI is InChI=1S/C22H21ClN2O3.C22H21N3O4.C22H22N2O3.C21H19BrN2O3/c1-13-10-15(7-8-18(13)23)12-28-20-5-3-4-16-17(20)11-25(22(16)27)19-9-6-14(2)24-21(19)26;1-13-5-10-18(21(27)24-13)25-11-17-16(22(25)28)3-2-4-19(17)29-12-14-6-8-15(9-7-14)20(23)26;1-14-6-9-16(10-7-14)13-27-20-5-3-4-17-18(20)12-24(22(17)26)19-11-8-15(2)23-21(19)25;1-13-8-9-18(20(25)23-13)24-11-17-16(21(24)26)6-3-7-19(17)27-12-14-4-2-5-15(22)10-14/h3-5,7-8,10,19H,2,6,9,11-12H2,1H3,(H,24,26);2-4,6-9,18H,1,5,10-12H2,(H2,23,26)(H,24,27);3-7,9-10,19H,2,8,11-13H2,1H3,(H,23,25);2-7,10,18H,1,8-9,11-12H2,(H,23,25). The minimum atomic E-state index is -0.505. The second-order valence-corrected chi connectivity index (χ2v) is 29.7. The number of fused-ring (bicyclic) bond motifs is 4. The summed E-state index contributed by atoms with van der Waals surface area (Å²) in [5.41, 5.74) is 20.4. The van der Waals surface area contributed by atoms with Crippen molar-refractivity contribution in [2.75, 3.05) is 0 Å². The Morgan fingerprint density at radius 2 is 0.712 bits per heavy atom. The quantitative estimate of drug-likeness (QED) is 0.0568. The molecule has 4 unspecified atom stereocenters. The number of carbonyl (C=O) groups is 9. The number of hydrogen-bond donors (Lipinski definition) is 5. The summed E-state index contributed by atoms with van der Waals surface area (Å²) in [4.78, 5) is 118. The van der Waals surface area contributed by atoms with Crippen molar-refractivity contribution < 1.29 is 62.1 Å². The summed E-state index contributed by atoms with van der Waals surface area (Å²) in [5, 5.41) is 11.7. The zero-order valence-electron chi connectivity index (χ0n) is 61.5. The first-order valence-electron chi connectivity index (χ1n) is 36.5. The molecule has 8 aliphatic heterocycles. The summed E-state index contributed by atoms with van der Waals surface area (Å²) in [6.45, 7) is 22.2. The first kappa shape index (κ1) is 77.1. The second-order valence-electron chi connectivity index (χ2n) is 28.4. The lowest BCUT2D eigenvalue weighted by atomic mass is 10.0. The maximum absolute atomic E-state index is 12.9. The van der Waals surface area contributed by atoms with Gasteiger partial charge in [0.15, 0.2) is 0 Å². The molecule has 0 aromatic heterocycles. The van der Waals surface area contributed by atoms with E-state index in [2.05, 4.69) is 75.6 Å². The maximum atomic E-state index is 12.9. The number of nitrogens with zero attached hydrogens (tertiary/aromatic N) is 4. The van der Waals surface area contributed by atoms with Crippen LogP contribution in [-0.4, -0.2) is 96.9 Å². The highest BCUT2D eigenvalue weighted by Crippen LogP contribution is 2.40. The number of allylic oxidation sites excluding steroid dienone is 4. The van der Waals surface area contributed by atoms with Gasteiger partial charge in [0.05, 0.1) is 26.2 Å². The number of ether oxygens (including phenoxy) is 4. The van der Waals surface area contributed by atoms with Crippen LogP contribution in [0.2, 0.25) is 5.02 Å². The van der Waals surface area contributed by atoms with E-state index < -0.39 is 30.1 Å². The van der Waals surface area contributed by atoms with Gasteiger partial charge in [0.1, 0.15) is 73.6 Å². The van der Waals surface area contributed by atoms with Gasteiger partial charge in [0.2, 0.25) is 29.5 Å². The molecule has 8 aromatic rings. The SMILES string of the molecule is C=C1CCC(N2Cc3c(OCc4ccc(C(N)=O)cc4)cccc3C2=O)C(=O)N1.C=C1CCC(N2Cc3c(OCc4ccc(C)cc4)cccc3C2=O)C(=O)N1.C=C1CCC(N2Cc3c(OCc4ccc(Cl)c(C)c4)cccc3C2=O)C(=O)N1.C=C1CCC(N2Cc3c(OCc4cccc(Br)c4)cccc3C2=O)C(=O)N1. The van der Waals surface area contributed by atoms with Gasteiger partial charge in [-0.05, 0) is 172 Å². The molecule has 568 valence electrons. The van der Waals surface area contributed by atoms with E-state index in [1.807, 2.05) is 111 Å². The summed E-state index contributed by atoms with van der Waals surface area (Å²) in [6.07, 6.45) is 5.05. The molecule has 8 aliphatic rings. The summed E-state index contributed by atoms with van der Waals surface area (Å²) in [6, 6.07) is 48.6. The Morgan fingerprint density at radius 1 is 0.414 bits per heavy atom. The molecule has 0 saturated carbocycles. The normalized spacial score (nSPS) is 18.8. The Morgan fingerprint density at radius 3 is 1.02 bits per heavy atom. The van der Waals surface area contributed by atoms with Crippen molar-refractivity contribution in [1.82, 2.24) is 40.9 Å². The van der Waals surface area contributed by atoms with Gasteiger partial charge in [-0.15, -0.1) is 0 Å². The van der Waals surface area contributed by atoms with Gasteiger partial charge in [-0.2, -0.15) is 0 Å². The fraction of sp³-hybridized carbons (Fsp3) is 0.253. The summed E-state index contributed by atoms with van der Waals surface area (Å²) in [7, 11) is 0. The highest BCUT2D eigenvalue weighted by molar-refractivity contribution is 9.10. The average molecular weight is 1580 g/mol. The lowest BCUT2D eigenvalue weighted by Gasteiger charge is -2.31. The number of nitrogens with two attached hydrogens (primary N) is 1. The molecule has 4 fully saturated rings. The molecular formula is C87H83BrClN9O13. The molecule has 4 atom stereocenters. The van der Waals surface area contributed by atoms with Crippen LogP contribution in [0.4, 0.5) is 0 Å². The summed E-state index contributed by atoms with van der Waals surface area (Å²) >= 11 is 9.54. The number of aryl methyl sites for hydroxylation is 2. The van der Waals surface area contributed by atoms with Crippen molar-refractivity contribution in [3.05, 3.63) is 306 Å². The highest BCUT2D eigenvalue weighted by Gasteiger charge is 2.44. The van der Waals surface area contributed by atoms with E-state index in [-0.39, 0.29) is 53.9 Å². The molecule has 22 nitrogen and oxygen atoms in total. The summed E-state index contributed by atoms with van der Waals surface area (Å²) < 4.78 is 25.0. The number of amides is 9. The second kappa shape index (κ2) is 33.8. The summed E-state index contributed by atoms with van der Waals surface area (Å²) in [5.74, 6) is 0.971. The Hall–Kier alpha value is -12.1. The fourth-order valence-corrected chi connectivity index (χ4v) is 15.2. The number of carbonyl (C=O) groups excluding carboxylic acids is 9. The zero-order chi connectivity index (χ0) is 78.3. The maximum Gasteiger partial charge on any atom is 0.255 e. The molecule has 8 aromatic carbocycles. The van der Waals surface area contributed by atoms with Crippen molar-refractivity contribution in [3.63, 3.8) is 0 Å². The predicted molar refractivity (Wildman–Crippen MR) is 420 cm³/mol. The van der Waals surface area contributed by atoms with Crippen molar-refractivity contribution in [3.8, 4) is 23.0 Å². The van der Waals surface area contributed by atoms with Crippen molar-refractivity contribution >= 4 is 80.7 Å². The van der Waals surface area contributed by atoms with Gasteiger partial charge in [-0.1, -0.05) is 144 Å². The lowest BCUT2D eigenvalue weighted by molar-refractivity contribution is -0.127. The van der Waals surface area contributed by atoms with Gasteiger partial charge >= 0.3 is 0 Å². The van der Waals surface area contributed by atoms with E-state index in [1.54, 1.807) is 74.2 Å². The molecule has 4 saturated heterocycles. The molecule has 0 bridgehead atoms. The molecule has 9 amide bonds. The van der Waals surface area contributed by atoms with E-state index in [9.17, 15) is 43.2 Å². The first-order chi connectivity index (χ1) is 53.4. The Kier molecular flexibility index (Phi) is 23.5. The number of nitrogens with one attached hydrogen (secondary N) is 4. The van der Waals surface area contributed by atoms with Crippen LogP contribution in [0.15, 0.2) is 217 Å². The largest absolute Gasteiger partial charge is 0.489 e. The molecule has 0 radical (unpaired) electrons. The minimum Gasteiger partial charge on any atom is -0.489 e. The Balaban J connectivity index is 0.000000130. The average Bonchev–Trinajstić information content (AvgIpc) is 1.65. The molecule has 111 heavy (non-hydrogen) atoms. The Bertz CT molecular complexity index is 5120. The smallest absolute Gasteiger partial charge is 0.255 e. The first-order valence-corrected chi connectivity index (χ1v) is 37.7. The van der Waals surface area contributed by atoms with E-state index >= 15 is 0 Å². The highest BCUT2D eigenvalue weighted by atomic mass is 79.9. The van der Waals surface area contributed by atoms with Crippen LogP contribution in [0.5, 0.6) is 23.0 Å². The Labute approximate surface area is 656 Å². The van der Waals surface area contributed by atoms with Gasteiger partial charge in [-0.3, -0.25) is 43.2 Å². The van der Waals surface area contributed by atoms with E-state index in [0.717, 1.165) is 59.6 Å². The number of rotatable bonds is 17. The van der Waals surface area contributed by atoms with Crippen molar-refractivity contribution in [2.24, 2.45) is 5.73 Å². The van der Waals surface area contributed by atoms with Gasteiger partial charge in [0, 0.05) is 82.4 Å². The predicted octanol–water partition coefficient (Wildman–Crippen LogP) is 13.2. The van der Waals surface area contributed by atoms with E-state index in [4.69, 9.17) is 36.3 Å². The topological polar surface area (TPSA) is 278 Å². The minimum absolute atomic E-state index is 0.113. The monoisotopic (exact) mass is 1580 g/mol.